The van der Waals surface area contributed by atoms with Crippen LogP contribution in [0.2, 0.25) is 0 Å². The Bertz CT molecular complexity index is 849. The quantitative estimate of drug-likeness (QED) is 0.865. The zero-order chi connectivity index (χ0) is 18.1. The zero-order valence-electron chi connectivity index (χ0n) is 14.9. The molecule has 3 atom stereocenters. The molecule has 1 aromatic heterocycles. The predicted octanol–water partition coefficient (Wildman–Crippen LogP) is 4.13. The molecule has 0 radical (unpaired) electrons. The molecule has 0 saturated carbocycles. The van der Waals surface area contributed by atoms with E-state index in [4.69, 9.17) is 0 Å². The van der Waals surface area contributed by atoms with Crippen molar-refractivity contribution in [2.75, 3.05) is 11.5 Å². The van der Waals surface area contributed by atoms with E-state index in [1.54, 1.807) is 11.3 Å². The summed E-state index contributed by atoms with van der Waals surface area (Å²) in [5, 5.41) is 22.6. The average molecular weight is 366 g/mol. The van der Waals surface area contributed by atoms with E-state index in [9.17, 15) is 10.4 Å². The second kappa shape index (κ2) is 7.22. The molecule has 1 N–H and O–H groups in total. The highest BCUT2D eigenvalue weighted by atomic mass is 32.1. The van der Waals surface area contributed by atoms with Gasteiger partial charge in [-0.05, 0) is 42.4 Å². The first-order chi connectivity index (χ1) is 12.8. The van der Waals surface area contributed by atoms with Crippen LogP contribution in [0.15, 0.2) is 35.7 Å². The third-order valence-electron chi connectivity index (χ3n) is 5.56. The number of nitriles is 1. The highest BCUT2D eigenvalue weighted by Crippen LogP contribution is 2.44. The lowest BCUT2D eigenvalue weighted by molar-refractivity contribution is 0.187. The number of aliphatic hydroxyl groups excluding tert-OH is 1. The molecule has 0 amide bonds. The smallest absolute Gasteiger partial charge is 0.186 e. The Morgan fingerprint density at radius 1 is 1.35 bits per heavy atom. The van der Waals surface area contributed by atoms with Gasteiger partial charge in [-0.3, -0.25) is 0 Å². The standard InChI is InChI=1S/C21H23N3OS/c1-2-17-13-26-21(23-17)24-18(11-22)20(19(24)12-25)16-9-7-15(8-10-16)14-5-3-4-6-14/h5,7-10,13,18-20,25H,2-4,6,12H2,1H3/t18-,19+,20+/m1/s1. The molecule has 2 aromatic rings. The Morgan fingerprint density at radius 2 is 2.15 bits per heavy atom. The molecule has 5 heteroatoms. The average Bonchev–Trinajstić information content (AvgIpc) is 3.34. The first-order valence-electron chi connectivity index (χ1n) is 9.29. The molecule has 1 saturated heterocycles. The number of hydrogen-bond donors (Lipinski definition) is 1. The minimum Gasteiger partial charge on any atom is -0.394 e. The van der Waals surface area contributed by atoms with Crippen LogP contribution in [0.1, 0.15) is 48.9 Å². The molecule has 0 unspecified atom stereocenters. The Labute approximate surface area is 158 Å². The summed E-state index contributed by atoms with van der Waals surface area (Å²) < 4.78 is 0. The fraction of sp³-hybridized carbons (Fsp3) is 0.429. The van der Waals surface area contributed by atoms with Crippen molar-refractivity contribution in [3.63, 3.8) is 0 Å². The van der Waals surface area contributed by atoms with Crippen LogP contribution < -0.4 is 4.90 Å². The van der Waals surface area contributed by atoms with E-state index >= 15 is 0 Å². The van der Waals surface area contributed by atoms with Gasteiger partial charge in [0.1, 0.15) is 6.04 Å². The SMILES string of the molecule is CCc1csc(N2[C@H](C#N)[C@H](c3ccc(C4=CCCC4)cc3)[C@@H]2CO)n1. The third kappa shape index (κ3) is 2.84. The highest BCUT2D eigenvalue weighted by molar-refractivity contribution is 7.13. The Balaban J connectivity index is 1.59. The summed E-state index contributed by atoms with van der Waals surface area (Å²) >= 11 is 1.56. The van der Waals surface area contributed by atoms with E-state index in [0.717, 1.165) is 29.2 Å². The van der Waals surface area contributed by atoms with E-state index in [1.807, 2.05) is 10.3 Å². The third-order valence-corrected chi connectivity index (χ3v) is 6.46. The van der Waals surface area contributed by atoms with Gasteiger partial charge in [-0.1, -0.05) is 37.3 Å². The number of hydrogen-bond acceptors (Lipinski definition) is 5. The van der Waals surface area contributed by atoms with E-state index in [1.165, 1.54) is 24.0 Å². The zero-order valence-corrected chi connectivity index (χ0v) is 15.7. The van der Waals surface area contributed by atoms with Crippen molar-refractivity contribution in [3.05, 3.63) is 52.5 Å². The van der Waals surface area contributed by atoms with Crippen molar-refractivity contribution in [2.24, 2.45) is 0 Å². The summed E-state index contributed by atoms with van der Waals surface area (Å²) in [7, 11) is 0. The summed E-state index contributed by atoms with van der Waals surface area (Å²) in [6, 6.07) is 10.6. The minimum absolute atomic E-state index is 0.0191. The maximum Gasteiger partial charge on any atom is 0.186 e. The van der Waals surface area contributed by atoms with Crippen molar-refractivity contribution in [1.29, 1.82) is 5.26 Å². The van der Waals surface area contributed by atoms with Gasteiger partial charge in [-0.2, -0.15) is 5.26 Å². The molecular formula is C21H23N3OS. The lowest BCUT2D eigenvalue weighted by Gasteiger charge is -2.51. The Morgan fingerprint density at radius 3 is 2.73 bits per heavy atom. The van der Waals surface area contributed by atoms with Gasteiger partial charge in [-0.15, -0.1) is 11.3 Å². The molecule has 4 nitrogen and oxygen atoms in total. The summed E-state index contributed by atoms with van der Waals surface area (Å²) in [4.78, 5) is 6.60. The maximum atomic E-state index is 9.97. The summed E-state index contributed by atoms with van der Waals surface area (Å²) in [6.45, 7) is 2.10. The number of anilines is 1. The molecule has 2 aliphatic rings. The molecule has 0 spiro atoms. The second-order valence-corrected chi connectivity index (χ2v) is 7.81. The van der Waals surface area contributed by atoms with Crippen LogP contribution in [0, 0.1) is 11.3 Å². The van der Waals surface area contributed by atoms with Crippen LogP contribution in [0.3, 0.4) is 0 Å². The van der Waals surface area contributed by atoms with Crippen molar-refractivity contribution in [3.8, 4) is 6.07 Å². The van der Waals surface area contributed by atoms with E-state index in [0.29, 0.717) is 0 Å². The van der Waals surface area contributed by atoms with Crippen LogP contribution in [0.4, 0.5) is 5.13 Å². The normalized spacial score (nSPS) is 24.9. The molecule has 4 rings (SSSR count). The number of aliphatic hydroxyl groups is 1. The maximum absolute atomic E-state index is 9.97. The van der Waals surface area contributed by atoms with E-state index in [2.05, 4.69) is 48.3 Å². The van der Waals surface area contributed by atoms with Crippen molar-refractivity contribution >= 4 is 22.0 Å². The fourth-order valence-electron chi connectivity index (χ4n) is 4.10. The number of allylic oxidation sites excluding steroid dienone is 2. The number of benzene rings is 1. The molecule has 2 heterocycles. The van der Waals surface area contributed by atoms with Gasteiger partial charge in [0.25, 0.3) is 0 Å². The van der Waals surface area contributed by atoms with E-state index in [-0.39, 0.29) is 24.6 Å². The lowest BCUT2D eigenvalue weighted by atomic mass is 9.76. The van der Waals surface area contributed by atoms with Crippen LogP contribution in [0.25, 0.3) is 5.57 Å². The second-order valence-electron chi connectivity index (χ2n) is 6.98. The predicted molar refractivity (Wildman–Crippen MR) is 105 cm³/mol. The van der Waals surface area contributed by atoms with Crippen LogP contribution in [-0.4, -0.2) is 28.8 Å². The van der Waals surface area contributed by atoms with Crippen LogP contribution in [-0.2, 0) is 6.42 Å². The first-order valence-corrected chi connectivity index (χ1v) is 10.2. The molecule has 1 aromatic carbocycles. The largest absolute Gasteiger partial charge is 0.394 e. The van der Waals surface area contributed by atoms with Crippen molar-refractivity contribution < 1.29 is 5.11 Å². The number of aromatic nitrogens is 1. The number of rotatable bonds is 5. The lowest BCUT2D eigenvalue weighted by Crippen LogP contribution is -2.63. The van der Waals surface area contributed by atoms with Crippen molar-refractivity contribution in [1.82, 2.24) is 4.98 Å². The molecular weight excluding hydrogens is 342 g/mol. The van der Waals surface area contributed by atoms with Crippen LogP contribution in [0.5, 0.6) is 0 Å². The highest BCUT2D eigenvalue weighted by Gasteiger charge is 2.50. The molecule has 26 heavy (non-hydrogen) atoms. The Hall–Kier alpha value is -2.16. The minimum atomic E-state index is -0.278. The van der Waals surface area contributed by atoms with Gasteiger partial charge >= 0.3 is 0 Å². The summed E-state index contributed by atoms with van der Waals surface area (Å²) in [6.07, 6.45) is 6.77. The number of thiazole rings is 1. The fourth-order valence-corrected chi connectivity index (χ4v) is 5.10. The summed E-state index contributed by atoms with van der Waals surface area (Å²) in [5.41, 5.74) is 4.87. The number of nitrogens with zero attached hydrogens (tertiary/aromatic N) is 3. The van der Waals surface area contributed by atoms with Gasteiger partial charge in [0.05, 0.1) is 24.4 Å². The van der Waals surface area contributed by atoms with Gasteiger partial charge in [-0.25, -0.2) is 4.98 Å². The summed E-state index contributed by atoms with van der Waals surface area (Å²) in [5.74, 6) is 0.0191. The molecule has 1 aliphatic carbocycles. The van der Waals surface area contributed by atoms with Crippen molar-refractivity contribution in [2.45, 2.75) is 50.6 Å². The molecule has 1 fully saturated rings. The number of aryl methyl sites for hydroxylation is 1. The first kappa shape index (κ1) is 17.3. The van der Waals surface area contributed by atoms with Gasteiger partial charge < -0.3 is 10.0 Å². The van der Waals surface area contributed by atoms with Crippen LogP contribution >= 0.6 is 11.3 Å². The van der Waals surface area contributed by atoms with Gasteiger partial charge in [0, 0.05) is 11.3 Å². The Kier molecular flexibility index (Phi) is 4.80. The molecule has 134 valence electrons. The van der Waals surface area contributed by atoms with Gasteiger partial charge in [0.2, 0.25) is 0 Å². The molecule has 0 bridgehead atoms. The van der Waals surface area contributed by atoms with E-state index < -0.39 is 0 Å². The monoisotopic (exact) mass is 365 g/mol. The van der Waals surface area contributed by atoms with Gasteiger partial charge in [0.15, 0.2) is 5.13 Å². The topological polar surface area (TPSA) is 60.2 Å². The molecule has 1 aliphatic heterocycles.